The second-order valence-corrected chi connectivity index (χ2v) is 6.53. The SMILES string of the molecule is Cc1cc(C)cc(Nc2cc(-c3ccccc3)n(-c3ccccc3)n2)c1. The fourth-order valence-corrected chi connectivity index (χ4v) is 3.22. The van der Waals surface area contributed by atoms with Crippen LogP contribution in [0.5, 0.6) is 0 Å². The van der Waals surface area contributed by atoms with Crippen molar-refractivity contribution in [3.05, 3.63) is 96.1 Å². The van der Waals surface area contributed by atoms with Gasteiger partial charge in [0, 0.05) is 17.3 Å². The maximum atomic E-state index is 4.82. The van der Waals surface area contributed by atoms with Crippen molar-refractivity contribution in [2.24, 2.45) is 0 Å². The average molecular weight is 339 g/mol. The Labute approximate surface area is 153 Å². The van der Waals surface area contributed by atoms with Crippen LogP contribution in [0.15, 0.2) is 84.9 Å². The number of nitrogens with zero attached hydrogens (tertiary/aromatic N) is 2. The Morgan fingerprint density at radius 3 is 2.00 bits per heavy atom. The van der Waals surface area contributed by atoms with Crippen molar-refractivity contribution in [3.8, 4) is 16.9 Å². The molecule has 4 rings (SSSR count). The zero-order valence-corrected chi connectivity index (χ0v) is 15.0. The summed E-state index contributed by atoms with van der Waals surface area (Å²) in [4.78, 5) is 0. The lowest BCUT2D eigenvalue weighted by Gasteiger charge is -2.07. The molecule has 3 nitrogen and oxygen atoms in total. The van der Waals surface area contributed by atoms with Crippen LogP contribution in [0.3, 0.4) is 0 Å². The zero-order chi connectivity index (χ0) is 17.9. The predicted molar refractivity (Wildman–Crippen MR) is 108 cm³/mol. The molecule has 0 aliphatic rings. The van der Waals surface area contributed by atoms with Gasteiger partial charge in [-0.15, -0.1) is 5.10 Å². The minimum Gasteiger partial charge on any atom is -0.339 e. The third kappa shape index (κ3) is 3.38. The number of hydrogen-bond donors (Lipinski definition) is 1. The van der Waals surface area contributed by atoms with Crippen molar-refractivity contribution in [1.82, 2.24) is 9.78 Å². The maximum absolute atomic E-state index is 4.82. The first-order valence-corrected chi connectivity index (χ1v) is 8.75. The van der Waals surface area contributed by atoms with Gasteiger partial charge in [0.2, 0.25) is 0 Å². The number of hydrogen-bond acceptors (Lipinski definition) is 2. The molecular formula is C23H21N3. The quantitative estimate of drug-likeness (QED) is 0.501. The molecule has 0 bridgehead atoms. The number of aromatic nitrogens is 2. The fraction of sp³-hybridized carbons (Fsp3) is 0.0870. The highest BCUT2D eigenvalue weighted by atomic mass is 15.3. The Bertz CT molecular complexity index is 941. The summed E-state index contributed by atoms with van der Waals surface area (Å²) in [5, 5.41) is 8.27. The minimum absolute atomic E-state index is 0.831. The van der Waals surface area contributed by atoms with Crippen LogP contribution in [0, 0.1) is 13.8 Å². The van der Waals surface area contributed by atoms with E-state index >= 15 is 0 Å². The molecule has 0 unspecified atom stereocenters. The van der Waals surface area contributed by atoms with Crippen molar-refractivity contribution in [1.29, 1.82) is 0 Å². The molecule has 4 aromatic rings. The van der Waals surface area contributed by atoms with E-state index in [4.69, 9.17) is 5.10 Å². The number of nitrogens with one attached hydrogen (secondary N) is 1. The van der Waals surface area contributed by atoms with Crippen LogP contribution >= 0.6 is 0 Å². The first-order valence-electron chi connectivity index (χ1n) is 8.75. The molecule has 0 radical (unpaired) electrons. The van der Waals surface area contributed by atoms with Crippen molar-refractivity contribution in [2.75, 3.05) is 5.32 Å². The van der Waals surface area contributed by atoms with E-state index < -0.39 is 0 Å². The summed E-state index contributed by atoms with van der Waals surface area (Å²) in [6.07, 6.45) is 0. The van der Waals surface area contributed by atoms with Crippen LogP contribution < -0.4 is 5.32 Å². The van der Waals surface area contributed by atoms with Gasteiger partial charge in [0.05, 0.1) is 11.4 Å². The van der Waals surface area contributed by atoms with Gasteiger partial charge in [-0.1, -0.05) is 54.6 Å². The van der Waals surface area contributed by atoms with E-state index in [-0.39, 0.29) is 0 Å². The Hall–Kier alpha value is -3.33. The van der Waals surface area contributed by atoms with Gasteiger partial charge in [0.1, 0.15) is 0 Å². The van der Waals surface area contributed by atoms with Crippen LogP contribution in [0.4, 0.5) is 11.5 Å². The molecule has 3 aromatic carbocycles. The molecule has 128 valence electrons. The summed E-state index contributed by atoms with van der Waals surface area (Å²) in [5.74, 6) is 0.831. The lowest BCUT2D eigenvalue weighted by molar-refractivity contribution is 0.892. The van der Waals surface area contributed by atoms with E-state index in [1.54, 1.807) is 0 Å². The van der Waals surface area contributed by atoms with Crippen molar-refractivity contribution < 1.29 is 0 Å². The molecule has 1 N–H and O–H groups in total. The smallest absolute Gasteiger partial charge is 0.153 e. The highest BCUT2D eigenvalue weighted by Crippen LogP contribution is 2.28. The fourth-order valence-electron chi connectivity index (χ4n) is 3.22. The molecule has 1 heterocycles. The number of para-hydroxylation sites is 1. The van der Waals surface area contributed by atoms with Gasteiger partial charge in [-0.3, -0.25) is 0 Å². The van der Waals surface area contributed by atoms with Crippen LogP contribution in [-0.2, 0) is 0 Å². The molecule has 1 aromatic heterocycles. The molecule has 0 spiro atoms. The van der Waals surface area contributed by atoms with Crippen LogP contribution in [0.25, 0.3) is 16.9 Å². The Balaban J connectivity index is 1.78. The second-order valence-electron chi connectivity index (χ2n) is 6.53. The molecule has 3 heteroatoms. The molecule has 0 amide bonds. The lowest BCUT2D eigenvalue weighted by Crippen LogP contribution is -1.99. The number of aryl methyl sites for hydroxylation is 2. The molecule has 0 atom stereocenters. The van der Waals surface area contributed by atoms with Gasteiger partial charge < -0.3 is 5.32 Å². The summed E-state index contributed by atoms with van der Waals surface area (Å²) >= 11 is 0. The van der Waals surface area contributed by atoms with E-state index in [1.807, 2.05) is 28.9 Å². The molecule has 0 aliphatic carbocycles. The van der Waals surface area contributed by atoms with Crippen molar-refractivity contribution >= 4 is 11.5 Å². The van der Waals surface area contributed by atoms with Crippen molar-refractivity contribution in [3.63, 3.8) is 0 Å². The minimum atomic E-state index is 0.831. The average Bonchev–Trinajstić information content (AvgIpc) is 3.06. The maximum Gasteiger partial charge on any atom is 0.153 e. The summed E-state index contributed by atoms with van der Waals surface area (Å²) < 4.78 is 1.99. The van der Waals surface area contributed by atoms with E-state index in [0.29, 0.717) is 0 Å². The van der Waals surface area contributed by atoms with Gasteiger partial charge in [0.15, 0.2) is 5.82 Å². The number of anilines is 2. The highest BCUT2D eigenvalue weighted by Gasteiger charge is 2.12. The Morgan fingerprint density at radius 2 is 1.35 bits per heavy atom. The molecule has 26 heavy (non-hydrogen) atoms. The number of rotatable bonds is 4. The Kier molecular flexibility index (Phi) is 4.28. The normalized spacial score (nSPS) is 10.7. The summed E-state index contributed by atoms with van der Waals surface area (Å²) in [6, 6.07) is 29.1. The largest absolute Gasteiger partial charge is 0.339 e. The molecule has 0 saturated carbocycles. The summed E-state index contributed by atoms with van der Waals surface area (Å²) in [5.41, 5.74) is 6.76. The second kappa shape index (κ2) is 6.89. The monoisotopic (exact) mass is 339 g/mol. The molecule has 0 fully saturated rings. The summed E-state index contributed by atoms with van der Waals surface area (Å²) in [7, 11) is 0. The van der Waals surface area contributed by atoms with Crippen molar-refractivity contribution in [2.45, 2.75) is 13.8 Å². The van der Waals surface area contributed by atoms with Gasteiger partial charge in [-0.25, -0.2) is 4.68 Å². The van der Waals surface area contributed by atoms with Crippen LogP contribution in [-0.4, -0.2) is 9.78 Å². The summed E-state index contributed by atoms with van der Waals surface area (Å²) in [6.45, 7) is 4.21. The predicted octanol–water partition coefficient (Wildman–Crippen LogP) is 5.90. The molecule has 0 saturated heterocycles. The lowest BCUT2D eigenvalue weighted by atomic mass is 10.1. The number of benzene rings is 3. The third-order valence-electron chi connectivity index (χ3n) is 4.27. The van der Waals surface area contributed by atoms with Gasteiger partial charge in [-0.05, 0) is 49.2 Å². The molecule has 0 aliphatic heterocycles. The third-order valence-corrected chi connectivity index (χ3v) is 4.27. The van der Waals surface area contributed by atoms with Gasteiger partial charge in [0.25, 0.3) is 0 Å². The van der Waals surface area contributed by atoms with Gasteiger partial charge >= 0.3 is 0 Å². The van der Waals surface area contributed by atoms with Crippen LogP contribution in [0.2, 0.25) is 0 Å². The van der Waals surface area contributed by atoms with E-state index in [2.05, 4.69) is 79.8 Å². The first kappa shape index (κ1) is 16.2. The van der Waals surface area contributed by atoms with E-state index in [0.717, 1.165) is 28.5 Å². The van der Waals surface area contributed by atoms with E-state index in [1.165, 1.54) is 11.1 Å². The molecular weight excluding hydrogens is 318 g/mol. The Morgan fingerprint density at radius 1 is 0.731 bits per heavy atom. The standard InChI is InChI=1S/C23H21N3/c1-17-13-18(2)15-20(14-17)24-23-16-22(19-9-5-3-6-10-19)26(25-23)21-11-7-4-8-12-21/h3-16H,1-2H3,(H,24,25). The van der Waals surface area contributed by atoms with Gasteiger partial charge in [-0.2, -0.15) is 0 Å². The topological polar surface area (TPSA) is 29.9 Å². The van der Waals surface area contributed by atoms with E-state index in [9.17, 15) is 0 Å². The first-order chi connectivity index (χ1) is 12.7. The zero-order valence-electron chi connectivity index (χ0n) is 15.0. The highest BCUT2D eigenvalue weighted by molar-refractivity contribution is 5.69. The van der Waals surface area contributed by atoms with Crippen LogP contribution in [0.1, 0.15) is 11.1 Å².